The highest BCUT2D eigenvalue weighted by Crippen LogP contribution is 2.25. The minimum Gasteiger partial charge on any atom is -0.370 e. The molecule has 0 saturated carbocycles. The number of rotatable bonds is 4. The third kappa shape index (κ3) is 3.26. The Balaban J connectivity index is 2.08. The molecule has 0 aliphatic carbocycles. The minimum atomic E-state index is 0.648. The van der Waals surface area contributed by atoms with Gasteiger partial charge in [0.25, 0.3) is 0 Å². The van der Waals surface area contributed by atoms with Crippen LogP contribution in [0.25, 0.3) is 0 Å². The lowest BCUT2D eigenvalue weighted by Crippen LogP contribution is -2.49. The van der Waals surface area contributed by atoms with Gasteiger partial charge in [0.1, 0.15) is 0 Å². The predicted molar refractivity (Wildman–Crippen MR) is 79.3 cm³/mol. The van der Waals surface area contributed by atoms with Crippen LogP contribution < -0.4 is 10.2 Å². The molecule has 1 N–H and O–H groups in total. The van der Waals surface area contributed by atoms with Gasteiger partial charge in [-0.3, -0.25) is 0 Å². The number of aryl methyl sites for hydroxylation is 1. The fourth-order valence-corrected chi connectivity index (χ4v) is 2.90. The zero-order chi connectivity index (χ0) is 13.0. The molecule has 1 fully saturated rings. The van der Waals surface area contributed by atoms with E-state index < -0.39 is 0 Å². The van der Waals surface area contributed by atoms with Gasteiger partial charge in [-0.05, 0) is 37.9 Å². The van der Waals surface area contributed by atoms with Gasteiger partial charge in [-0.15, -0.1) is 0 Å². The highest BCUT2D eigenvalue weighted by Gasteiger charge is 2.25. The van der Waals surface area contributed by atoms with Crippen LogP contribution in [0.3, 0.4) is 0 Å². The second-order valence-electron chi connectivity index (χ2n) is 5.51. The summed E-state index contributed by atoms with van der Waals surface area (Å²) in [4.78, 5) is 2.55. The molecule has 0 aromatic heterocycles. The topological polar surface area (TPSA) is 15.3 Å². The summed E-state index contributed by atoms with van der Waals surface area (Å²) < 4.78 is 0. The molecular formula is C16H26N2. The highest BCUT2D eigenvalue weighted by molar-refractivity contribution is 5.48. The molecule has 1 aliphatic rings. The number of anilines is 1. The van der Waals surface area contributed by atoms with Gasteiger partial charge in [0.2, 0.25) is 0 Å². The second-order valence-corrected chi connectivity index (χ2v) is 5.51. The summed E-state index contributed by atoms with van der Waals surface area (Å²) in [5, 5.41) is 3.62. The highest BCUT2D eigenvalue weighted by atomic mass is 15.2. The third-order valence-electron chi connectivity index (χ3n) is 4.01. The van der Waals surface area contributed by atoms with Crippen LogP contribution in [0, 0.1) is 12.8 Å². The smallest absolute Gasteiger partial charge is 0.0367 e. The molecule has 1 aliphatic heterocycles. The van der Waals surface area contributed by atoms with Gasteiger partial charge in [-0.2, -0.15) is 0 Å². The van der Waals surface area contributed by atoms with Crippen molar-refractivity contribution in [1.29, 1.82) is 0 Å². The fourth-order valence-electron chi connectivity index (χ4n) is 2.90. The summed E-state index contributed by atoms with van der Waals surface area (Å²) >= 11 is 0. The van der Waals surface area contributed by atoms with Crippen molar-refractivity contribution >= 4 is 5.69 Å². The van der Waals surface area contributed by atoms with E-state index in [1.165, 1.54) is 30.6 Å². The van der Waals surface area contributed by atoms with Crippen LogP contribution >= 0.6 is 0 Å². The number of piperidine rings is 1. The molecule has 0 spiro atoms. The van der Waals surface area contributed by atoms with Crippen molar-refractivity contribution in [1.82, 2.24) is 5.32 Å². The van der Waals surface area contributed by atoms with E-state index in [0.717, 1.165) is 19.0 Å². The normalized spacial score (nSPS) is 24.3. The molecule has 1 aromatic rings. The first-order valence-corrected chi connectivity index (χ1v) is 7.28. The van der Waals surface area contributed by atoms with E-state index >= 15 is 0 Å². The van der Waals surface area contributed by atoms with Gasteiger partial charge in [-0.25, -0.2) is 0 Å². The van der Waals surface area contributed by atoms with Crippen molar-refractivity contribution < 1.29 is 0 Å². The van der Waals surface area contributed by atoms with E-state index in [1.54, 1.807) is 0 Å². The number of hydrogen-bond acceptors (Lipinski definition) is 2. The number of hydrogen-bond donors (Lipinski definition) is 1. The van der Waals surface area contributed by atoms with E-state index in [0.29, 0.717) is 6.04 Å². The summed E-state index contributed by atoms with van der Waals surface area (Å²) in [6, 6.07) is 9.60. The van der Waals surface area contributed by atoms with Gasteiger partial charge in [0.05, 0.1) is 0 Å². The van der Waals surface area contributed by atoms with Gasteiger partial charge in [0.15, 0.2) is 0 Å². The summed E-state index contributed by atoms with van der Waals surface area (Å²) in [6.07, 6.45) is 2.61. The molecule has 1 saturated heterocycles. The standard InChI is InChI=1S/C16H26N2/c1-4-14-10-15(17-5-2)12-18(11-14)16-8-6-13(3)7-9-16/h6-9,14-15,17H,4-5,10-12H2,1-3H3. The second kappa shape index (κ2) is 6.24. The lowest BCUT2D eigenvalue weighted by atomic mass is 9.91. The Hall–Kier alpha value is -1.02. The molecule has 2 nitrogen and oxygen atoms in total. The maximum absolute atomic E-state index is 3.62. The average Bonchev–Trinajstić information content (AvgIpc) is 2.39. The molecule has 2 atom stereocenters. The fraction of sp³-hybridized carbons (Fsp3) is 0.625. The predicted octanol–water partition coefficient (Wildman–Crippen LogP) is 3.21. The van der Waals surface area contributed by atoms with Crippen molar-refractivity contribution in [2.24, 2.45) is 5.92 Å². The Kier molecular flexibility index (Phi) is 4.65. The van der Waals surface area contributed by atoms with Crippen LogP contribution in [-0.4, -0.2) is 25.7 Å². The Morgan fingerprint density at radius 1 is 1.17 bits per heavy atom. The molecule has 2 rings (SSSR count). The van der Waals surface area contributed by atoms with Crippen molar-refractivity contribution in [2.45, 2.75) is 39.7 Å². The number of nitrogens with zero attached hydrogens (tertiary/aromatic N) is 1. The van der Waals surface area contributed by atoms with Crippen molar-refractivity contribution in [2.75, 3.05) is 24.5 Å². The van der Waals surface area contributed by atoms with Crippen LogP contribution in [0.1, 0.15) is 32.3 Å². The zero-order valence-electron chi connectivity index (χ0n) is 11.9. The Bertz CT molecular complexity index is 358. The first-order chi connectivity index (χ1) is 8.72. The van der Waals surface area contributed by atoms with Crippen LogP contribution in [0.2, 0.25) is 0 Å². The SMILES string of the molecule is CCNC1CC(CC)CN(c2ccc(C)cc2)C1. The summed E-state index contributed by atoms with van der Waals surface area (Å²) in [5.74, 6) is 0.823. The van der Waals surface area contributed by atoms with Crippen molar-refractivity contribution in [3.63, 3.8) is 0 Å². The molecule has 1 heterocycles. The first kappa shape index (κ1) is 13.4. The molecule has 2 heteroatoms. The lowest BCUT2D eigenvalue weighted by Gasteiger charge is -2.39. The Morgan fingerprint density at radius 2 is 1.89 bits per heavy atom. The van der Waals surface area contributed by atoms with Crippen LogP contribution in [0.4, 0.5) is 5.69 Å². The maximum Gasteiger partial charge on any atom is 0.0367 e. The van der Waals surface area contributed by atoms with E-state index in [1.807, 2.05) is 0 Å². The van der Waals surface area contributed by atoms with E-state index in [9.17, 15) is 0 Å². The summed E-state index contributed by atoms with van der Waals surface area (Å²) in [5.41, 5.74) is 2.72. The first-order valence-electron chi connectivity index (χ1n) is 7.28. The quantitative estimate of drug-likeness (QED) is 0.877. The summed E-state index contributed by atoms with van der Waals surface area (Å²) in [7, 11) is 0. The van der Waals surface area contributed by atoms with Crippen LogP contribution in [-0.2, 0) is 0 Å². The number of nitrogens with one attached hydrogen (secondary N) is 1. The number of likely N-dealkylation sites (N-methyl/N-ethyl adjacent to an activating group) is 1. The Labute approximate surface area is 111 Å². The Morgan fingerprint density at radius 3 is 2.50 bits per heavy atom. The monoisotopic (exact) mass is 246 g/mol. The molecule has 0 amide bonds. The van der Waals surface area contributed by atoms with E-state index in [-0.39, 0.29) is 0 Å². The van der Waals surface area contributed by atoms with E-state index in [2.05, 4.69) is 55.3 Å². The maximum atomic E-state index is 3.62. The van der Waals surface area contributed by atoms with Gasteiger partial charge in [-0.1, -0.05) is 38.0 Å². The third-order valence-corrected chi connectivity index (χ3v) is 4.01. The minimum absolute atomic E-state index is 0.648. The molecule has 100 valence electrons. The van der Waals surface area contributed by atoms with Crippen molar-refractivity contribution in [3.05, 3.63) is 29.8 Å². The molecular weight excluding hydrogens is 220 g/mol. The van der Waals surface area contributed by atoms with Crippen LogP contribution in [0.5, 0.6) is 0 Å². The zero-order valence-corrected chi connectivity index (χ0v) is 11.9. The molecule has 0 bridgehead atoms. The van der Waals surface area contributed by atoms with E-state index in [4.69, 9.17) is 0 Å². The average molecular weight is 246 g/mol. The molecule has 18 heavy (non-hydrogen) atoms. The lowest BCUT2D eigenvalue weighted by molar-refractivity contribution is 0.330. The molecule has 1 aromatic carbocycles. The summed E-state index contributed by atoms with van der Waals surface area (Å²) in [6.45, 7) is 10.1. The molecule has 2 unspecified atom stereocenters. The van der Waals surface area contributed by atoms with Gasteiger partial charge in [0, 0.05) is 24.8 Å². The van der Waals surface area contributed by atoms with Crippen molar-refractivity contribution in [3.8, 4) is 0 Å². The number of benzene rings is 1. The molecule has 0 radical (unpaired) electrons. The van der Waals surface area contributed by atoms with Gasteiger partial charge >= 0.3 is 0 Å². The van der Waals surface area contributed by atoms with Crippen LogP contribution in [0.15, 0.2) is 24.3 Å². The largest absolute Gasteiger partial charge is 0.370 e. The van der Waals surface area contributed by atoms with Gasteiger partial charge < -0.3 is 10.2 Å².